The van der Waals surface area contributed by atoms with Gasteiger partial charge in [-0.3, -0.25) is 4.79 Å². The molecule has 3 aromatic rings. The standard InChI is InChI=1S/C17H14F3N5O2/c18-17(19,20)9-27-8-12-1-3-13(4-2-12)16(26)24-14-5-6-15(22-7-14)25-11-21-10-23-25/h1-7,10-11H,8-9H2,(H,24,26). The number of nitrogens with one attached hydrogen (secondary N) is 1. The molecule has 27 heavy (non-hydrogen) atoms. The number of nitrogens with zero attached hydrogens (tertiary/aromatic N) is 4. The second-order valence-electron chi connectivity index (χ2n) is 5.50. The third-order valence-electron chi connectivity index (χ3n) is 3.41. The van der Waals surface area contributed by atoms with Crippen molar-refractivity contribution < 1.29 is 22.7 Å². The van der Waals surface area contributed by atoms with Crippen LogP contribution in [0.15, 0.2) is 55.2 Å². The van der Waals surface area contributed by atoms with Gasteiger partial charge in [-0.25, -0.2) is 14.6 Å². The first-order chi connectivity index (χ1) is 12.9. The molecule has 0 bridgehead atoms. The summed E-state index contributed by atoms with van der Waals surface area (Å²) in [4.78, 5) is 20.2. The summed E-state index contributed by atoms with van der Waals surface area (Å²) >= 11 is 0. The number of hydrogen-bond acceptors (Lipinski definition) is 5. The maximum atomic E-state index is 12.2. The van der Waals surface area contributed by atoms with Crippen LogP contribution < -0.4 is 5.32 Å². The Morgan fingerprint density at radius 2 is 1.93 bits per heavy atom. The predicted molar refractivity (Wildman–Crippen MR) is 89.3 cm³/mol. The number of carbonyl (C=O) groups is 1. The minimum Gasteiger partial charge on any atom is -0.367 e. The number of aromatic nitrogens is 4. The first-order valence-corrected chi connectivity index (χ1v) is 7.76. The van der Waals surface area contributed by atoms with Crippen molar-refractivity contribution >= 4 is 11.6 Å². The lowest BCUT2D eigenvalue weighted by atomic mass is 10.1. The zero-order chi connectivity index (χ0) is 19.3. The van der Waals surface area contributed by atoms with Gasteiger partial charge in [-0.15, -0.1) is 0 Å². The minimum absolute atomic E-state index is 0.185. The Labute approximate surface area is 151 Å². The second kappa shape index (κ2) is 7.96. The largest absolute Gasteiger partial charge is 0.411 e. The van der Waals surface area contributed by atoms with Gasteiger partial charge in [0.15, 0.2) is 5.82 Å². The SMILES string of the molecule is O=C(Nc1ccc(-n2cncn2)nc1)c1ccc(COCC(F)(F)F)cc1. The predicted octanol–water partition coefficient (Wildman–Crippen LogP) is 2.99. The molecule has 0 unspecified atom stereocenters. The molecule has 0 radical (unpaired) electrons. The van der Waals surface area contributed by atoms with Gasteiger partial charge in [0.25, 0.3) is 5.91 Å². The Morgan fingerprint density at radius 1 is 1.15 bits per heavy atom. The molecule has 10 heteroatoms. The first kappa shape index (κ1) is 18.5. The van der Waals surface area contributed by atoms with E-state index in [2.05, 4.69) is 25.1 Å². The summed E-state index contributed by atoms with van der Waals surface area (Å²) in [6, 6.07) is 9.44. The second-order valence-corrected chi connectivity index (χ2v) is 5.50. The van der Waals surface area contributed by atoms with E-state index in [4.69, 9.17) is 0 Å². The highest BCUT2D eigenvalue weighted by Crippen LogP contribution is 2.16. The van der Waals surface area contributed by atoms with E-state index in [9.17, 15) is 18.0 Å². The molecular weight excluding hydrogens is 363 g/mol. The summed E-state index contributed by atoms with van der Waals surface area (Å²) in [5.41, 5.74) is 1.38. The molecule has 0 saturated carbocycles. The minimum atomic E-state index is -4.36. The van der Waals surface area contributed by atoms with Crippen LogP contribution in [0.1, 0.15) is 15.9 Å². The van der Waals surface area contributed by atoms with E-state index >= 15 is 0 Å². The van der Waals surface area contributed by atoms with E-state index < -0.39 is 12.8 Å². The molecule has 2 heterocycles. The molecule has 0 fully saturated rings. The Kier molecular flexibility index (Phi) is 5.46. The van der Waals surface area contributed by atoms with Crippen molar-refractivity contribution in [2.75, 3.05) is 11.9 Å². The van der Waals surface area contributed by atoms with Crippen molar-refractivity contribution in [2.24, 2.45) is 0 Å². The Morgan fingerprint density at radius 3 is 2.52 bits per heavy atom. The zero-order valence-electron chi connectivity index (χ0n) is 13.8. The summed E-state index contributed by atoms with van der Waals surface area (Å²) in [7, 11) is 0. The molecule has 3 rings (SSSR count). The number of amides is 1. The number of pyridine rings is 1. The fourth-order valence-corrected chi connectivity index (χ4v) is 2.16. The monoisotopic (exact) mass is 377 g/mol. The topological polar surface area (TPSA) is 81.9 Å². The number of rotatable bonds is 6. The fourth-order valence-electron chi connectivity index (χ4n) is 2.16. The van der Waals surface area contributed by atoms with Crippen molar-refractivity contribution in [2.45, 2.75) is 12.8 Å². The van der Waals surface area contributed by atoms with Crippen molar-refractivity contribution in [3.63, 3.8) is 0 Å². The van der Waals surface area contributed by atoms with E-state index in [1.54, 1.807) is 12.1 Å². The van der Waals surface area contributed by atoms with Gasteiger partial charge < -0.3 is 10.1 Å². The lowest BCUT2D eigenvalue weighted by Crippen LogP contribution is -2.16. The van der Waals surface area contributed by atoms with E-state index in [0.717, 1.165) is 0 Å². The third-order valence-corrected chi connectivity index (χ3v) is 3.41. The molecule has 0 spiro atoms. The molecule has 140 valence electrons. The van der Waals surface area contributed by atoms with Gasteiger partial charge in [0.05, 0.1) is 18.5 Å². The molecule has 2 aromatic heterocycles. The number of alkyl halides is 3. The van der Waals surface area contributed by atoms with Crippen molar-refractivity contribution in [3.8, 4) is 5.82 Å². The fraction of sp³-hybridized carbons (Fsp3) is 0.176. The quantitative estimate of drug-likeness (QED) is 0.714. The normalized spacial score (nSPS) is 11.4. The van der Waals surface area contributed by atoms with Crippen LogP contribution in [0.3, 0.4) is 0 Å². The molecule has 0 aliphatic carbocycles. The number of ether oxygens (including phenoxy) is 1. The number of benzene rings is 1. The van der Waals surface area contributed by atoms with E-state index in [-0.39, 0.29) is 12.5 Å². The summed E-state index contributed by atoms with van der Waals surface area (Å²) in [5, 5.41) is 6.64. The molecule has 1 amide bonds. The van der Waals surface area contributed by atoms with Crippen LogP contribution in [0.4, 0.5) is 18.9 Å². The molecule has 1 aromatic carbocycles. The smallest absolute Gasteiger partial charge is 0.367 e. The highest BCUT2D eigenvalue weighted by molar-refractivity contribution is 6.04. The number of halogens is 3. The van der Waals surface area contributed by atoms with Crippen LogP contribution in [0.2, 0.25) is 0 Å². The average Bonchev–Trinajstić information content (AvgIpc) is 3.16. The van der Waals surface area contributed by atoms with Gasteiger partial charge in [-0.2, -0.15) is 18.3 Å². The van der Waals surface area contributed by atoms with Crippen LogP contribution in [-0.4, -0.2) is 38.4 Å². The summed E-state index contributed by atoms with van der Waals surface area (Å²) in [5.74, 6) is 0.182. The van der Waals surface area contributed by atoms with Crippen LogP contribution in [0, 0.1) is 0 Å². The summed E-state index contributed by atoms with van der Waals surface area (Å²) in [6.07, 6.45) is 0.00135. The van der Waals surface area contributed by atoms with Gasteiger partial charge >= 0.3 is 6.18 Å². The maximum Gasteiger partial charge on any atom is 0.411 e. The van der Waals surface area contributed by atoms with Crippen LogP contribution in [0.5, 0.6) is 0 Å². The van der Waals surface area contributed by atoms with E-state index in [0.29, 0.717) is 22.6 Å². The molecule has 0 aliphatic heterocycles. The third kappa shape index (κ3) is 5.35. The molecule has 0 saturated heterocycles. The van der Waals surface area contributed by atoms with Crippen molar-refractivity contribution in [1.82, 2.24) is 19.7 Å². The Balaban J connectivity index is 1.56. The lowest BCUT2D eigenvalue weighted by Gasteiger charge is -2.09. The Hall–Kier alpha value is -3.27. The van der Waals surface area contributed by atoms with Crippen LogP contribution in [-0.2, 0) is 11.3 Å². The van der Waals surface area contributed by atoms with Crippen molar-refractivity contribution in [3.05, 3.63) is 66.4 Å². The average molecular weight is 377 g/mol. The molecule has 7 nitrogen and oxygen atoms in total. The maximum absolute atomic E-state index is 12.2. The highest BCUT2D eigenvalue weighted by Gasteiger charge is 2.27. The van der Waals surface area contributed by atoms with E-state index in [1.165, 1.54) is 47.8 Å². The molecule has 0 atom stereocenters. The van der Waals surface area contributed by atoms with Gasteiger partial charge in [-0.1, -0.05) is 12.1 Å². The molecule has 0 aliphatic rings. The van der Waals surface area contributed by atoms with Gasteiger partial charge in [0.2, 0.25) is 0 Å². The number of hydrogen-bond donors (Lipinski definition) is 1. The first-order valence-electron chi connectivity index (χ1n) is 7.76. The summed E-state index contributed by atoms with van der Waals surface area (Å²) < 4.78 is 42.2. The van der Waals surface area contributed by atoms with Gasteiger partial charge in [0, 0.05) is 5.56 Å². The lowest BCUT2D eigenvalue weighted by molar-refractivity contribution is -0.176. The number of carbonyl (C=O) groups excluding carboxylic acids is 1. The Bertz CT molecular complexity index is 878. The van der Waals surface area contributed by atoms with Crippen LogP contribution in [0.25, 0.3) is 5.82 Å². The number of anilines is 1. The van der Waals surface area contributed by atoms with Gasteiger partial charge in [0.1, 0.15) is 19.3 Å². The zero-order valence-corrected chi connectivity index (χ0v) is 13.8. The highest BCUT2D eigenvalue weighted by atomic mass is 19.4. The van der Waals surface area contributed by atoms with E-state index in [1.807, 2.05) is 0 Å². The molecule has 1 N–H and O–H groups in total. The van der Waals surface area contributed by atoms with Gasteiger partial charge in [-0.05, 0) is 29.8 Å². The summed E-state index contributed by atoms with van der Waals surface area (Å²) in [6.45, 7) is -1.50. The molecular formula is C17H14F3N5O2. The van der Waals surface area contributed by atoms with Crippen molar-refractivity contribution in [1.29, 1.82) is 0 Å². The van der Waals surface area contributed by atoms with Crippen LogP contribution >= 0.6 is 0 Å².